The molecule has 0 atom stereocenters. The van der Waals surface area contributed by atoms with Crippen LogP contribution in [0.2, 0.25) is 0 Å². The average molecular weight is 326 g/mol. The maximum atomic E-state index is 13.1. The van der Waals surface area contributed by atoms with Gasteiger partial charge in [-0.3, -0.25) is 9.59 Å². The van der Waals surface area contributed by atoms with Gasteiger partial charge >= 0.3 is 5.97 Å². The minimum atomic E-state index is -0.539. The van der Waals surface area contributed by atoms with E-state index in [1.54, 1.807) is 0 Å². The number of halogens is 1. The van der Waals surface area contributed by atoms with Crippen molar-refractivity contribution >= 4 is 22.7 Å². The predicted molar refractivity (Wildman–Crippen MR) is 86.3 cm³/mol. The Bertz CT molecular complexity index is 911. The molecule has 2 aromatic carbocycles. The van der Waals surface area contributed by atoms with Crippen LogP contribution in [-0.4, -0.2) is 18.4 Å². The Kier molecular flexibility index (Phi) is 4.42. The number of carbonyl (C=O) groups is 2. The van der Waals surface area contributed by atoms with Gasteiger partial charge in [0.05, 0.1) is 12.7 Å². The second-order valence-corrected chi connectivity index (χ2v) is 5.53. The van der Waals surface area contributed by atoms with Crippen molar-refractivity contribution in [3.8, 4) is 0 Å². The van der Waals surface area contributed by atoms with Crippen LogP contribution in [0.4, 0.5) is 4.39 Å². The summed E-state index contributed by atoms with van der Waals surface area (Å²) in [6.07, 6.45) is 1.52. The number of hydrogen-bond acceptors (Lipinski definition) is 4. The highest BCUT2D eigenvalue weighted by molar-refractivity contribution is 5.98. The lowest BCUT2D eigenvalue weighted by Crippen LogP contribution is -2.15. The number of benzene rings is 2. The second-order valence-electron chi connectivity index (χ2n) is 5.53. The Morgan fingerprint density at radius 2 is 2.00 bits per heavy atom. The highest BCUT2D eigenvalue weighted by Gasteiger charge is 2.14. The zero-order valence-corrected chi connectivity index (χ0v) is 13.0. The smallest absolute Gasteiger partial charge is 0.310 e. The lowest BCUT2D eigenvalue weighted by atomic mass is 10.1. The van der Waals surface area contributed by atoms with Crippen LogP contribution in [0.15, 0.2) is 53.1 Å². The average Bonchev–Trinajstić information content (AvgIpc) is 2.94. The van der Waals surface area contributed by atoms with Gasteiger partial charge in [-0.05, 0) is 30.7 Å². The van der Waals surface area contributed by atoms with Gasteiger partial charge in [-0.15, -0.1) is 0 Å². The molecule has 0 aliphatic carbocycles. The second kappa shape index (κ2) is 6.66. The first-order chi connectivity index (χ1) is 11.5. The van der Waals surface area contributed by atoms with Crippen LogP contribution < -0.4 is 0 Å². The zero-order valence-electron chi connectivity index (χ0n) is 13.0. The lowest BCUT2D eigenvalue weighted by molar-refractivity contribution is -0.141. The lowest BCUT2D eigenvalue weighted by Gasteiger charge is -2.04. The summed E-state index contributed by atoms with van der Waals surface area (Å²) in [5.74, 6) is -1.49. The fraction of sp³-hybridized carbons (Fsp3) is 0.158. The van der Waals surface area contributed by atoms with Crippen LogP contribution in [-0.2, 0) is 16.0 Å². The molecule has 5 heteroatoms. The van der Waals surface area contributed by atoms with Gasteiger partial charge in [0.15, 0.2) is 12.4 Å². The van der Waals surface area contributed by atoms with E-state index in [0.29, 0.717) is 11.1 Å². The minimum Gasteiger partial charge on any atom is -0.464 e. The number of furan rings is 1. The maximum absolute atomic E-state index is 13.1. The van der Waals surface area contributed by atoms with E-state index < -0.39 is 24.2 Å². The molecule has 0 saturated carbocycles. The van der Waals surface area contributed by atoms with Crippen molar-refractivity contribution in [2.45, 2.75) is 13.3 Å². The molecule has 0 N–H and O–H groups in total. The predicted octanol–water partition coefficient (Wildman–Crippen LogP) is 3.85. The Balaban J connectivity index is 1.62. The molecule has 4 nitrogen and oxygen atoms in total. The highest BCUT2D eigenvalue weighted by atomic mass is 19.1. The molecule has 0 unspecified atom stereocenters. The molecule has 1 heterocycles. The summed E-state index contributed by atoms with van der Waals surface area (Å²) in [4.78, 5) is 23.8. The van der Waals surface area contributed by atoms with Gasteiger partial charge in [-0.25, -0.2) is 4.39 Å². The summed E-state index contributed by atoms with van der Waals surface area (Å²) in [6, 6.07) is 11.0. The third-order valence-corrected chi connectivity index (χ3v) is 3.66. The number of esters is 1. The Labute approximate surface area is 137 Å². The van der Waals surface area contributed by atoms with Crippen LogP contribution >= 0.6 is 0 Å². The third-order valence-electron chi connectivity index (χ3n) is 3.66. The van der Waals surface area contributed by atoms with Crippen LogP contribution in [0.3, 0.4) is 0 Å². The molecule has 0 fully saturated rings. The molecule has 3 aromatic rings. The summed E-state index contributed by atoms with van der Waals surface area (Å²) >= 11 is 0. The van der Waals surface area contributed by atoms with Gasteiger partial charge in [-0.2, -0.15) is 0 Å². The fourth-order valence-corrected chi connectivity index (χ4v) is 2.43. The molecule has 0 spiro atoms. The molecule has 0 radical (unpaired) electrons. The van der Waals surface area contributed by atoms with E-state index in [1.165, 1.54) is 24.5 Å². The number of Topliss-reactive ketones (excluding diaryl/α,β-unsaturated/α-hetero) is 1. The molecule has 24 heavy (non-hydrogen) atoms. The standard InChI is InChI=1S/C19H15FO4/c1-12-5-6-16-14(10-23-18(16)7-12)9-19(22)24-11-17(21)13-3-2-4-15(20)8-13/h2-8,10H,9,11H2,1H3. The molecule has 0 saturated heterocycles. The van der Waals surface area contributed by atoms with Crippen molar-refractivity contribution in [1.29, 1.82) is 0 Å². The van der Waals surface area contributed by atoms with Crippen LogP contribution in [0.25, 0.3) is 11.0 Å². The molecule has 0 bridgehead atoms. The van der Waals surface area contributed by atoms with Gasteiger partial charge < -0.3 is 9.15 Å². The molecule has 3 rings (SSSR count). The topological polar surface area (TPSA) is 56.5 Å². The van der Waals surface area contributed by atoms with Crippen LogP contribution in [0, 0.1) is 12.7 Å². The number of ketones is 1. The third kappa shape index (κ3) is 3.51. The van der Waals surface area contributed by atoms with Crippen molar-refractivity contribution < 1.29 is 23.1 Å². The minimum absolute atomic E-state index is 0.00644. The summed E-state index contributed by atoms with van der Waals surface area (Å²) in [5, 5.41) is 0.842. The number of hydrogen-bond donors (Lipinski definition) is 0. The normalized spacial score (nSPS) is 10.8. The first-order valence-corrected chi connectivity index (χ1v) is 7.44. The van der Waals surface area contributed by atoms with E-state index >= 15 is 0 Å². The van der Waals surface area contributed by atoms with Crippen LogP contribution in [0.5, 0.6) is 0 Å². The SMILES string of the molecule is Cc1ccc2c(CC(=O)OCC(=O)c3cccc(F)c3)coc2c1. The summed E-state index contributed by atoms with van der Waals surface area (Å²) in [6.45, 7) is 1.53. The van der Waals surface area contributed by atoms with Gasteiger partial charge in [0.2, 0.25) is 0 Å². The fourth-order valence-electron chi connectivity index (χ4n) is 2.43. The van der Waals surface area contributed by atoms with E-state index in [-0.39, 0.29) is 12.0 Å². The maximum Gasteiger partial charge on any atom is 0.310 e. The monoisotopic (exact) mass is 326 g/mol. The van der Waals surface area contributed by atoms with Crippen LogP contribution in [0.1, 0.15) is 21.5 Å². The molecule has 0 aliphatic rings. The molecule has 1 aromatic heterocycles. The van der Waals surface area contributed by atoms with E-state index in [1.807, 2.05) is 25.1 Å². The van der Waals surface area contributed by atoms with Gasteiger partial charge in [0.25, 0.3) is 0 Å². The molecule has 0 amide bonds. The van der Waals surface area contributed by atoms with Crippen molar-refractivity contribution in [3.63, 3.8) is 0 Å². The van der Waals surface area contributed by atoms with Gasteiger partial charge in [-0.1, -0.05) is 24.3 Å². The number of ether oxygens (including phenoxy) is 1. The Morgan fingerprint density at radius 3 is 2.79 bits per heavy atom. The first-order valence-electron chi connectivity index (χ1n) is 7.44. The Morgan fingerprint density at radius 1 is 1.17 bits per heavy atom. The molecular weight excluding hydrogens is 311 g/mol. The molecule has 122 valence electrons. The number of aryl methyl sites for hydroxylation is 1. The van der Waals surface area contributed by atoms with E-state index in [4.69, 9.17) is 9.15 Å². The largest absolute Gasteiger partial charge is 0.464 e. The molecular formula is C19H15FO4. The summed E-state index contributed by atoms with van der Waals surface area (Å²) < 4.78 is 23.5. The first kappa shape index (κ1) is 15.9. The zero-order chi connectivity index (χ0) is 17.1. The van der Waals surface area contributed by atoms with Crippen molar-refractivity contribution in [3.05, 3.63) is 71.2 Å². The Hall–Kier alpha value is -2.95. The van der Waals surface area contributed by atoms with Gasteiger partial charge in [0.1, 0.15) is 11.4 Å². The van der Waals surface area contributed by atoms with Gasteiger partial charge in [0, 0.05) is 16.5 Å². The van der Waals surface area contributed by atoms with E-state index in [2.05, 4.69) is 0 Å². The number of fused-ring (bicyclic) bond motifs is 1. The quantitative estimate of drug-likeness (QED) is 0.528. The van der Waals surface area contributed by atoms with E-state index in [0.717, 1.165) is 17.0 Å². The molecule has 0 aliphatic heterocycles. The van der Waals surface area contributed by atoms with E-state index in [9.17, 15) is 14.0 Å². The number of rotatable bonds is 5. The number of carbonyl (C=O) groups excluding carboxylic acids is 2. The van der Waals surface area contributed by atoms with Crippen molar-refractivity contribution in [2.75, 3.05) is 6.61 Å². The van der Waals surface area contributed by atoms with Crippen molar-refractivity contribution in [2.24, 2.45) is 0 Å². The van der Waals surface area contributed by atoms with Crippen molar-refractivity contribution in [1.82, 2.24) is 0 Å². The summed E-state index contributed by atoms with van der Waals surface area (Å²) in [5.41, 5.74) is 2.64. The summed E-state index contributed by atoms with van der Waals surface area (Å²) in [7, 11) is 0. The highest BCUT2D eigenvalue weighted by Crippen LogP contribution is 2.23.